The lowest BCUT2D eigenvalue weighted by Crippen LogP contribution is -2.38. The number of thiophene rings is 1. The normalized spacial score (nSPS) is 18.4. The second kappa shape index (κ2) is 5.27. The molecule has 0 bridgehead atoms. The lowest BCUT2D eigenvalue weighted by Gasteiger charge is -2.30. The first kappa shape index (κ1) is 13.7. The molecule has 6 nitrogen and oxygen atoms in total. The Kier molecular flexibility index (Phi) is 3.61. The molecular formula is C12H16N4O2S2. The number of nitrogens with zero attached hydrogens (tertiary/aromatic N) is 4. The van der Waals surface area contributed by atoms with E-state index in [2.05, 4.69) is 10.3 Å². The van der Waals surface area contributed by atoms with Crippen molar-refractivity contribution in [1.82, 2.24) is 19.3 Å². The van der Waals surface area contributed by atoms with Gasteiger partial charge in [-0.25, -0.2) is 13.1 Å². The predicted octanol–water partition coefficient (Wildman–Crippen LogP) is 1.67. The Morgan fingerprint density at radius 1 is 1.30 bits per heavy atom. The third kappa shape index (κ3) is 2.50. The molecule has 0 atom stereocenters. The van der Waals surface area contributed by atoms with E-state index in [0.717, 1.165) is 17.7 Å². The Hall–Kier alpha value is -1.25. The zero-order chi connectivity index (χ0) is 14.2. The van der Waals surface area contributed by atoms with E-state index in [4.69, 9.17) is 0 Å². The second-order valence-corrected chi connectivity index (χ2v) is 8.34. The number of piperidine rings is 1. The third-order valence-corrected chi connectivity index (χ3v) is 6.92. The maximum atomic E-state index is 12.5. The smallest absolute Gasteiger partial charge is 0.249 e. The van der Waals surface area contributed by atoms with Crippen LogP contribution in [0, 0.1) is 6.92 Å². The van der Waals surface area contributed by atoms with Crippen LogP contribution in [-0.4, -0.2) is 40.8 Å². The van der Waals surface area contributed by atoms with E-state index in [9.17, 15) is 8.42 Å². The van der Waals surface area contributed by atoms with Gasteiger partial charge in [-0.3, -0.25) is 0 Å². The van der Waals surface area contributed by atoms with Gasteiger partial charge in [0.25, 0.3) is 10.0 Å². The Morgan fingerprint density at radius 2 is 2.05 bits per heavy atom. The summed E-state index contributed by atoms with van der Waals surface area (Å²) in [5, 5.41) is 7.79. The molecule has 8 heteroatoms. The van der Waals surface area contributed by atoms with E-state index in [1.807, 2.05) is 23.9 Å². The van der Waals surface area contributed by atoms with E-state index in [1.54, 1.807) is 16.6 Å². The van der Waals surface area contributed by atoms with Crippen LogP contribution >= 0.6 is 11.3 Å². The average molecular weight is 312 g/mol. The summed E-state index contributed by atoms with van der Waals surface area (Å²) in [6.45, 7) is 2.98. The topological polar surface area (TPSA) is 68.1 Å². The Labute approximate surface area is 122 Å². The molecule has 1 fully saturated rings. The first-order chi connectivity index (χ1) is 9.57. The first-order valence-electron chi connectivity index (χ1n) is 6.50. The number of hydrogen-bond donors (Lipinski definition) is 0. The van der Waals surface area contributed by atoms with Crippen molar-refractivity contribution in [1.29, 1.82) is 0 Å². The lowest BCUT2D eigenvalue weighted by atomic mass is 10.1. The van der Waals surface area contributed by atoms with E-state index in [0.29, 0.717) is 17.3 Å². The Balaban J connectivity index is 1.72. The molecule has 0 N–H and O–H groups in total. The highest BCUT2D eigenvalue weighted by Gasteiger charge is 2.31. The molecule has 3 rings (SSSR count). The molecule has 0 unspecified atom stereocenters. The molecule has 0 spiro atoms. The summed E-state index contributed by atoms with van der Waals surface area (Å²) in [5.74, 6) is 0. The van der Waals surface area contributed by atoms with Crippen molar-refractivity contribution >= 4 is 21.4 Å². The van der Waals surface area contributed by atoms with Gasteiger partial charge in [-0.2, -0.15) is 4.31 Å². The summed E-state index contributed by atoms with van der Waals surface area (Å²) >= 11 is 1.33. The van der Waals surface area contributed by atoms with Gasteiger partial charge in [0.2, 0.25) is 0 Å². The highest BCUT2D eigenvalue weighted by molar-refractivity contribution is 7.91. The highest BCUT2D eigenvalue weighted by atomic mass is 32.2. The Bertz CT molecular complexity index is 670. The fourth-order valence-electron chi connectivity index (χ4n) is 2.44. The standard InChI is InChI=1S/C12H16N4O2S2/c1-10-2-3-12(19-10)20(17,18)15-7-4-11(5-8-15)16-9-6-13-14-16/h2-3,6,9,11H,4-5,7-8H2,1H3. The van der Waals surface area contributed by atoms with Crippen molar-refractivity contribution in [3.05, 3.63) is 29.4 Å². The van der Waals surface area contributed by atoms with E-state index in [1.165, 1.54) is 11.3 Å². The maximum Gasteiger partial charge on any atom is 0.252 e. The minimum atomic E-state index is -3.33. The average Bonchev–Trinajstić information content (AvgIpc) is 3.10. The van der Waals surface area contributed by atoms with Gasteiger partial charge in [-0.1, -0.05) is 5.21 Å². The van der Waals surface area contributed by atoms with Gasteiger partial charge >= 0.3 is 0 Å². The summed E-state index contributed by atoms with van der Waals surface area (Å²) in [5.41, 5.74) is 0. The summed E-state index contributed by atoms with van der Waals surface area (Å²) in [4.78, 5) is 1.01. The van der Waals surface area contributed by atoms with Crippen LogP contribution in [0.25, 0.3) is 0 Å². The minimum absolute atomic E-state index is 0.244. The molecule has 0 aromatic carbocycles. The second-order valence-electron chi connectivity index (χ2n) is 4.88. The Morgan fingerprint density at radius 3 is 2.60 bits per heavy atom. The molecule has 108 valence electrons. The maximum absolute atomic E-state index is 12.5. The van der Waals surface area contributed by atoms with Crippen LogP contribution in [-0.2, 0) is 10.0 Å². The number of aryl methyl sites for hydroxylation is 1. The predicted molar refractivity (Wildman–Crippen MR) is 76.1 cm³/mol. The van der Waals surface area contributed by atoms with E-state index >= 15 is 0 Å². The van der Waals surface area contributed by atoms with Crippen molar-refractivity contribution in [2.45, 2.75) is 30.0 Å². The first-order valence-corrected chi connectivity index (χ1v) is 8.75. The molecule has 2 aromatic rings. The number of sulfonamides is 1. The van der Waals surface area contributed by atoms with Crippen molar-refractivity contribution in [3.8, 4) is 0 Å². The fourth-order valence-corrected chi connectivity index (χ4v) is 5.34. The van der Waals surface area contributed by atoms with Crippen LogP contribution in [0.1, 0.15) is 23.8 Å². The molecule has 0 amide bonds. The zero-order valence-electron chi connectivity index (χ0n) is 11.1. The number of rotatable bonds is 3. The van der Waals surface area contributed by atoms with E-state index < -0.39 is 10.0 Å². The molecule has 3 heterocycles. The monoisotopic (exact) mass is 312 g/mol. The van der Waals surface area contributed by atoms with Gasteiger partial charge in [-0.05, 0) is 31.9 Å². The van der Waals surface area contributed by atoms with Crippen molar-refractivity contribution < 1.29 is 8.42 Å². The third-order valence-electron chi connectivity index (χ3n) is 3.55. The molecule has 2 aromatic heterocycles. The van der Waals surface area contributed by atoms with E-state index in [-0.39, 0.29) is 6.04 Å². The summed E-state index contributed by atoms with van der Waals surface area (Å²) in [6.07, 6.45) is 5.02. The van der Waals surface area contributed by atoms with Crippen LogP contribution in [0.3, 0.4) is 0 Å². The van der Waals surface area contributed by atoms with Crippen molar-refractivity contribution in [2.24, 2.45) is 0 Å². The molecular weight excluding hydrogens is 296 g/mol. The summed E-state index contributed by atoms with van der Waals surface area (Å²) in [6, 6.07) is 3.78. The van der Waals surface area contributed by atoms with Gasteiger partial charge in [0.1, 0.15) is 4.21 Å². The molecule has 20 heavy (non-hydrogen) atoms. The van der Waals surface area contributed by atoms with Crippen LogP contribution < -0.4 is 0 Å². The van der Waals surface area contributed by atoms with Gasteiger partial charge < -0.3 is 0 Å². The quantitative estimate of drug-likeness (QED) is 0.864. The fraction of sp³-hybridized carbons (Fsp3) is 0.500. The number of aromatic nitrogens is 3. The van der Waals surface area contributed by atoms with Gasteiger partial charge in [0.15, 0.2) is 0 Å². The molecule has 0 radical (unpaired) electrons. The van der Waals surface area contributed by atoms with Crippen molar-refractivity contribution in [2.75, 3.05) is 13.1 Å². The zero-order valence-corrected chi connectivity index (χ0v) is 12.8. The van der Waals surface area contributed by atoms with Crippen LogP contribution in [0.15, 0.2) is 28.7 Å². The molecule has 0 saturated carbocycles. The molecule has 1 aliphatic rings. The largest absolute Gasteiger partial charge is 0.252 e. The highest BCUT2D eigenvalue weighted by Crippen LogP contribution is 2.29. The number of hydrogen-bond acceptors (Lipinski definition) is 5. The SMILES string of the molecule is Cc1ccc(S(=O)(=O)N2CCC(n3ccnn3)CC2)s1. The van der Waals surface area contributed by atoms with Gasteiger partial charge in [0, 0.05) is 24.2 Å². The minimum Gasteiger partial charge on any atom is -0.249 e. The molecule has 1 aliphatic heterocycles. The molecule has 1 saturated heterocycles. The lowest BCUT2D eigenvalue weighted by molar-refractivity contribution is 0.259. The van der Waals surface area contributed by atoms with Crippen LogP contribution in [0.4, 0.5) is 0 Å². The summed E-state index contributed by atoms with van der Waals surface area (Å²) in [7, 11) is -3.33. The van der Waals surface area contributed by atoms with Crippen LogP contribution in [0.5, 0.6) is 0 Å². The molecule has 0 aliphatic carbocycles. The van der Waals surface area contributed by atoms with Crippen LogP contribution in [0.2, 0.25) is 0 Å². The van der Waals surface area contributed by atoms with Gasteiger partial charge in [0.05, 0.1) is 12.2 Å². The summed E-state index contributed by atoms with van der Waals surface area (Å²) < 4.78 is 28.8. The van der Waals surface area contributed by atoms with Crippen molar-refractivity contribution in [3.63, 3.8) is 0 Å². The van der Waals surface area contributed by atoms with Gasteiger partial charge in [-0.15, -0.1) is 16.4 Å².